The van der Waals surface area contributed by atoms with Crippen LogP contribution in [0, 0.1) is 5.82 Å². The van der Waals surface area contributed by atoms with Gasteiger partial charge in [0, 0.05) is 17.8 Å². The summed E-state index contributed by atoms with van der Waals surface area (Å²) >= 11 is 5.79. The van der Waals surface area contributed by atoms with E-state index >= 15 is 0 Å². The number of hydrogen-bond donors (Lipinski definition) is 1. The van der Waals surface area contributed by atoms with Gasteiger partial charge in [0.2, 0.25) is 0 Å². The Morgan fingerprint density at radius 2 is 1.80 bits per heavy atom. The van der Waals surface area contributed by atoms with Crippen LogP contribution in [-0.4, -0.2) is 21.0 Å². The SMILES string of the molecule is Fc1ccc(-c2ccc([C@H]3[C@@H](c4ccccn4)NC(=S)N3C3CCCCC3)o2)cc1. The zero-order chi connectivity index (χ0) is 20.5. The molecule has 1 aliphatic carbocycles. The van der Waals surface area contributed by atoms with Gasteiger partial charge in [-0.25, -0.2) is 4.39 Å². The van der Waals surface area contributed by atoms with Crippen LogP contribution in [0.5, 0.6) is 0 Å². The van der Waals surface area contributed by atoms with Gasteiger partial charge in [-0.3, -0.25) is 4.98 Å². The maximum Gasteiger partial charge on any atom is 0.170 e. The lowest BCUT2D eigenvalue weighted by Gasteiger charge is -2.36. The predicted octanol–water partition coefficient (Wildman–Crippen LogP) is 5.79. The number of pyridine rings is 1. The highest BCUT2D eigenvalue weighted by atomic mass is 32.1. The van der Waals surface area contributed by atoms with E-state index in [2.05, 4.69) is 15.2 Å². The number of hydrogen-bond acceptors (Lipinski definition) is 3. The van der Waals surface area contributed by atoms with Crippen LogP contribution < -0.4 is 5.32 Å². The van der Waals surface area contributed by atoms with Gasteiger partial charge in [0.1, 0.15) is 23.4 Å². The second-order valence-electron chi connectivity index (χ2n) is 8.03. The van der Waals surface area contributed by atoms with E-state index in [1.54, 1.807) is 12.1 Å². The Balaban J connectivity index is 1.53. The zero-order valence-corrected chi connectivity index (χ0v) is 17.4. The minimum Gasteiger partial charge on any atom is -0.459 e. The second kappa shape index (κ2) is 8.19. The number of nitrogens with one attached hydrogen (secondary N) is 1. The van der Waals surface area contributed by atoms with Gasteiger partial charge in [0.25, 0.3) is 0 Å². The molecule has 2 atom stereocenters. The molecule has 6 heteroatoms. The van der Waals surface area contributed by atoms with Gasteiger partial charge in [-0.15, -0.1) is 0 Å². The van der Waals surface area contributed by atoms with Gasteiger partial charge in [-0.1, -0.05) is 25.3 Å². The molecule has 1 aromatic carbocycles. The lowest BCUT2D eigenvalue weighted by Crippen LogP contribution is -2.40. The van der Waals surface area contributed by atoms with Crippen molar-refractivity contribution in [1.82, 2.24) is 15.2 Å². The Morgan fingerprint density at radius 3 is 2.53 bits per heavy atom. The third-order valence-electron chi connectivity index (χ3n) is 6.15. The molecule has 2 fully saturated rings. The molecule has 1 saturated carbocycles. The number of nitrogens with zero attached hydrogens (tertiary/aromatic N) is 2. The first-order valence-corrected chi connectivity index (χ1v) is 11.0. The fraction of sp³-hybridized carbons (Fsp3) is 0.333. The average molecular weight is 422 g/mol. The summed E-state index contributed by atoms with van der Waals surface area (Å²) in [6.45, 7) is 0. The quantitative estimate of drug-likeness (QED) is 0.540. The topological polar surface area (TPSA) is 41.3 Å². The lowest BCUT2D eigenvalue weighted by molar-refractivity contribution is 0.179. The Bertz CT molecular complexity index is 1010. The largest absolute Gasteiger partial charge is 0.459 e. The molecule has 1 aliphatic heterocycles. The highest BCUT2D eigenvalue weighted by Gasteiger charge is 2.44. The predicted molar refractivity (Wildman–Crippen MR) is 118 cm³/mol. The third kappa shape index (κ3) is 3.60. The number of halogens is 1. The van der Waals surface area contributed by atoms with Crippen molar-refractivity contribution in [1.29, 1.82) is 0 Å². The van der Waals surface area contributed by atoms with Crippen molar-refractivity contribution in [3.8, 4) is 11.3 Å². The first-order chi connectivity index (χ1) is 14.7. The molecule has 0 spiro atoms. The molecule has 2 aliphatic rings. The fourth-order valence-corrected chi connectivity index (χ4v) is 5.09. The summed E-state index contributed by atoms with van der Waals surface area (Å²) in [5.74, 6) is 1.32. The molecule has 4 nitrogen and oxygen atoms in total. The molecule has 1 saturated heterocycles. The maximum atomic E-state index is 13.3. The van der Waals surface area contributed by atoms with Crippen molar-refractivity contribution in [3.05, 3.63) is 78.1 Å². The van der Waals surface area contributed by atoms with Crippen LogP contribution in [0.15, 0.2) is 65.2 Å². The van der Waals surface area contributed by atoms with Crippen molar-refractivity contribution in [2.45, 2.75) is 50.2 Å². The highest BCUT2D eigenvalue weighted by Crippen LogP contribution is 2.43. The van der Waals surface area contributed by atoms with Gasteiger partial charge in [-0.2, -0.15) is 0 Å². The van der Waals surface area contributed by atoms with Gasteiger partial charge < -0.3 is 14.6 Å². The summed E-state index contributed by atoms with van der Waals surface area (Å²) in [5, 5.41) is 4.27. The minimum atomic E-state index is -0.255. The lowest BCUT2D eigenvalue weighted by atomic mass is 9.92. The van der Waals surface area contributed by atoms with Gasteiger partial charge in [0.15, 0.2) is 5.11 Å². The smallest absolute Gasteiger partial charge is 0.170 e. The van der Waals surface area contributed by atoms with Crippen LogP contribution in [0.3, 0.4) is 0 Å². The minimum absolute atomic E-state index is 0.0651. The first kappa shape index (κ1) is 19.2. The summed E-state index contributed by atoms with van der Waals surface area (Å²) in [7, 11) is 0. The Hall–Kier alpha value is -2.73. The van der Waals surface area contributed by atoms with Crippen LogP contribution in [-0.2, 0) is 0 Å². The van der Waals surface area contributed by atoms with Crippen LogP contribution in [0.4, 0.5) is 4.39 Å². The van der Waals surface area contributed by atoms with Crippen molar-refractivity contribution >= 4 is 17.3 Å². The standard InChI is InChI=1S/C24H24FN3OS/c25-17-11-9-16(10-12-17)20-13-14-21(29-20)23-22(19-8-4-5-15-26-19)27-24(30)28(23)18-6-2-1-3-7-18/h4-5,8-15,18,22-23H,1-3,6-7H2,(H,27,30)/t22-,23+/m1/s1. The Kier molecular flexibility index (Phi) is 5.25. The van der Waals surface area contributed by atoms with E-state index in [-0.39, 0.29) is 17.9 Å². The van der Waals surface area contributed by atoms with E-state index in [4.69, 9.17) is 16.6 Å². The van der Waals surface area contributed by atoms with E-state index in [1.807, 2.05) is 36.5 Å². The molecule has 1 N–H and O–H groups in total. The van der Waals surface area contributed by atoms with Crippen molar-refractivity contribution < 1.29 is 8.81 Å². The van der Waals surface area contributed by atoms with E-state index in [0.29, 0.717) is 6.04 Å². The fourth-order valence-electron chi connectivity index (χ4n) is 4.70. The molecule has 0 bridgehead atoms. The molecular formula is C24H24FN3OS. The van der Waals surface area contributed by atoms with Gasteiger partial charge >= 0.3 is 0 Å². The number of rotatable bonds is 4. The molecule has 3 heterocycles. The second-order valence-corrected chi connectivity index (χ2v) is 8.42. The van der Waals surface area contributed by atoms with Crippen molar-refractivity contribution in [3.63, 3.8) is 0 Å². The molecule has 2 aromatic heterocycles. The summed E-state index contributed by atoms with van der Waals surface area (Å²) in [6, 6.07) is 16.6. The van der Waals surface area contributed by atoms with E-state index in [9.17, 15) is 4.39 Å². The number of aromatic nitrogens is 1. The molecule has 0 amide bonds. The number of furan rings is 1. The van der Waals surface area contributed by atoms with E-state index in [0.717, 1.165) is 40.7 Å². The monoisotopic (exact) mass is 421 g/mol. The average Bonchev–Trinajstić information content (AvgIpc) is 3.40. The molecule has 30 heavy (non-hydrogen) atoms. The Morgan fingerprint density at radius 1 is 1.00 bits per heavy atom. The van der Waals surface area contributed by atoms with E-state index < -0.39 is 0 Å². The first-order valence-electron chi connectivity index (χ1n) is 10.6. The maximum absolute atomic E-state index is 13.3. The van der Waals surface area contributed by atoms with Gasteiger partial charge in [0.05, 0.1) is 11.7 Å². The normalized spacial score (nSPS) is 22.3. The number of benzene rings is 1. The summed E-state index contributed by atoms with van der Waals surface area (Å²) in [5.41, 5.74) is 1.80. The summed E-state index contributed by atoms with van der Waals surface area (Å²) in [6.07, 6.45) is 7.83. The molecular weight excluding hydrogens is 397 g/mol. The molecule has 5 rings (SSSR count). The van der Waals surface area contributed by atoms with Crippen molar-refractivity contribution in [2.24, 2.45) is 0 Å². The van der Waals surface area contributed by atoms with Gasteiger partial charge in [-0.05, 0) is 73.6 Å². The van der Waals surface area contributed by atoms with Crippen LogP contribution >= 0.6 is 12.2 Å². The third-order valence-corrected chi connectivity index (χ3v) is 6.48. The summed E-state index contributed by atoms with van der Waals surface area (Å²) in [4.78, 5) is 6.93. The van der Waals surface area contributed by atoms with Crippen LogP contribution in [0.1, 0.15) is 55.6 Å². The summed E-state index contributed by atoms with van der Waals surface area (Å²) < 4.78 is 19.6. The van der Waals surface area contributed by atoms with Crippen LogP contribution in [0.25, 0.3) is 11.3 Å². The Labute approximate surface area is 181 Å². The highest BCUT2D eigenvalue weighted by molar-refractivity contribution is 7.80. The van der Waals surface area contributed by atoms with Crippen LogP contribution in [0.2, 0.25) is 0 Å². The molecule has 3 aromatic rings. The molecule has 154 valence electrons. The van der Waals surface area contributed by atoms with E-state index in [1.165, 1.54) is 31.4 Å². The zero-order valence-electron chi connectivity index (χ0n) is 16.6. The van der Waals surface area contributed by atoms with Crippen molar-refractivity contribution in [2.75, 3.05) is 0 Å². The molecule has 0 unspecified atom stereocenters. The molecule has 0 radical (unpaired) electrons. The number of thiocarbonyl (C=S) groups is 1.